The van der Waals surface area contributed by atoms with Crippen molar-refractivity contribution >= 4 is 174 Å². The first-order valence-corrected chi connectivity index (χ1v) is 7.94. The molecule has 32 heavy (non-hydrogen) atoms. The van der Waals surface area contributed by atoms with Gasteiger partial charge in [0.1, 0.15) is 0 Å². The third kappa shape index (κ3) is 4.93. The Morgan fingerprint density at radius 2 is 1.03 bits per heavy atom. The Bertz CT molecular complexity index is 1380. The molecule has 8 nitrogen and oxygen atoms in total. The van der Waals surface area contributed by atoms with E-state index in [4.69, 9.17) is 0 Å². The molecule has 0 saturated heterocycles. The van der Waals surface area contributed by atoms with E-state index in [1.165, 1.54) is 24.3 Å². The minimum atomic E-state index is -1.51. The van der Waals surface area contributed by atoms with Crippen LogP contribution in [0.15, 0.2) is 36.4 Å². The summed E-state index contributed by atoms with van der Waals surface area (Å²) in [4.78, 5) is 47.3. The molecule has 0 spiro atoms. The molecule has 0 bridgehead atoms. The van der Waals surface area contributed by atoms with Gasteiger partial charge in [0, 0.05) is 5.39 Å². The second kappa shape index (κ2) is 12.0. The van der Waals surface area contributed by atoms with Crippen molar-refractivity contribution < 1.29 is 39.6 Å². The molecule has 0 amide bonds. The predicted molar refractivity (Wildman–Crippen MR) is 127 cm³/mol. The number of hydrogen-bond acceptors (Lipinski definition) is 4. The zero-order valence-corrected chi connectivity index (χ0v) is 13.9. The van der Waals surface area contributed by atoms with Gasteiger partial charge in [-0.2, -0.15) is 0 Å². The number of hydrogen-bond donors (Lipinski definition) is 4. The molecule has 0 aliphatic carbocycles. The normalized spacial score (nSPS) is 9.88. The Hall–Kier alpha value is -0.200. The van der Waals surface area contributed by atoms with E-state index >= 15 is 0 Å². The van der Waals surface area contributed by atoms with Crippen molar-refractivity contribution in [3.8, 4) is 0 Å². The predicted octanol–water partition coefficient (Wildman–Crippen LogP) is 0.783. The second-order valence-electron chi connectivity index (χ2n) is 6.21. The fraction of sp³-hybridized carbons (Fsp3) is 0. The van der Waals surface area contributed by atoms with Gasteiger partial charge in [0.2, 0.25) is 0 Å². The van der Waals surface area contributed by atoms with Crippen molar-refractivity contribution in [2.75, 3.05) is 0 Å². The number of aromatic carboxylic acids is 4. The summed E-state index contributed by atoms with van der Waals surface area (Å²) in [7, 11) is 0. The average Bonchev–Trinajstić information content (AvgIpc) is 2.63. The zero-order valence-electron chi connectivity index (χ0n) is 13.9. The Kier molecular flexibility index (Phi) is 11.9. The van der Waals surface area contributed by atoms with Crippen LogP contribution in [0.3, 0.4) is 0 Å². The van der Waals surface area contributed by atoms with Crippen LogP contribution in [0.5, 0.6) is 0 Å². The molecule has 0 radical (unpaired) electrons. The van der Waals surface area contributed by atoms with Crippen molar-refractivity contribution in [1.82, 2.24) is 0 Å². The van der Waals surface area contributed by atoms with Crippen molar-refractivity contribution in [3.05, 3.63) is 58.7 Å². The number of carboxylic acid groups (broad SMARTS) is 4. The molecule has 0 atom stereocenters. The molecule has 0 saturated carbocycles. The van der Waals surface area contributed by atoms with Crippen LogP contribution in [0, 0.1) is 0 Å². The third-order valence-electron chi connectivity index (χ3n) is 4.80. The summed E-state index contributed by atoms with van der Waals surface area (Å²) in [6.45, 7) is 0. The number of benzene rings is 4. The van der Waals surface area contributed by atoms with Crippen LogP contribution in [-0.2, 0) is 0 Å². The third-order valence-corrected chi connectivity index (χ3v) is 4.80. The summed E-state index contributed by atoms with van der Waals surface area (Å²) in [6.07, 6.45) is 0. The van der Waals surface area contributed by atoms with Gasteiger partial charge in [0.05, 0.1) is 22.3 Å². The summed E-state index contributed by atoms with van der Waals surface area (Å²) >= 11 is 0. The molecule has 0 unspecified atom stereocenters. The van der Waals surface area contributed by atoms with Crippen molar-refractivity contribution in [2.45, 2.75) is 0 Å². The van der Waals surface area contributed by atoms with E-state index in [0.29, 0.717) is 10.8 Å². The molecule has 12 heteroatoms. The summed E-state index contributed by atoms with van der Waals surface area (Å²) in [5.74, 6) is -5.72. The van der Waals surface area contributed by atoms with E-state index in [9.17, 15) is 39.6 Å². The van der Waals surface area contributed by atoms with Crippen LogP contribution in [-0.4, -0.2) is 163 Å². The molecule has 0 aliphatic heterocycles. The van der Waals surface area contributed by atoms with Gasteiger partial charge in [-0.25, -0.2) is 19.2 Å². The van der Waals surface area contributed by atoms with E-state index in [-0.39, 0.29) is 151 Å². The van der Waals surface area contributed by atoms with Gasteiger partial charge in [-0.3, -0.25) is 0 Å². The number of carboxylic acids is 4. The van der Waals surface area contributed by atoms with E-state index in [0.717, 1.165) is 6.07 Å². The van der Waals surface area contributed by atoms with Gasteiger partial charge in [0.25, 0.3) is 0 Å². The fourth-order valence-corrected chi connectivity index (χ4v) is 3.82. The molecule has 0 aliphatic rings. The van der Waals surface area contributed by atoms with E-state index in [1.54, 1.807) is 6.07 Å². The number of carbonyl (C=O) groups is 4. The first-order valence-electron chi connectivity index (χ1n) is 7.94. The zero-order chi connectivity index (χ0) is 20.3. The summed E-state index contributed by atoms with van der Waals surface area (Å²) < 4.78 is 0. The Morgan fingerprint density at radius 1 is 0.531 bits per heavy atom. The quantitative estimate of drug-likeness (QED) is 0.251. The summed E-state index contributed by atoms with van der Waals surface area (Å²) in [5.41, 5.74) is -1.56. The molecule has 0 aromatic heterocycles. The van der Waals surface area contributed by atoms with Crippen LogP contribution in [0.25, 0.3) is 32.3 Å². The summed E-state index contributed by atoms with van der Waals surface area (Å²) in [5, 5.41) is 39.2. The van der Waals surface area contributed by atoms with E-state index in [2.05, 4.69) is 0 Å². The van der Waals surface area contributed by atoms with Gasteiger partial charge in [-0.1, -0.05) is 24.3 Å². The molecule has 0 heterocycles. The molecule has 146 valence electrons. The molecule has 4 N–H and O–H groups in total. The minimum absolute atomic E-state index is 0. The maximum atomic E-state index is 11.9. The molecule has 4 rings (SSSR count). The van der Waals surface area contributed by atoms with Gasteiger partial charge in [-0.15, -0.1) is 0 Å². The molecular weight excluding hydrogens is 460 g/mol. The summed E-state index contributed by atoms with van der Waals surface area (Å²) in [6, 6.07) is 8.04. The Morgan fingerprint density at radius 3 is 1.50 bits per heavy atom. The van der Waals surface area contributed by atoms with Crippen molar-refractivity contribution in [1.29, 1.82) is 0 Å². The SMILES string of the molecule is O=C(O)c1c(C(=O)O)c2ccc(C(=O)O)c3c(C(=O)O)cc4cccc1c4c23.[NaH].[NaH].[NaH].[NaH]. The van der Waals surface area contributed by atoms with Crippen LogP contribution in [0.4, 0.5) is 0 Å². The first kappa shape index (κ1) is 31.8. The van der Waals surface area contributed by atoms with Crippen LogP contribution < -0.4 is 0 Å². The Balaban J connectivity index is 0.00000240. The van der Waals surface area contributed by atoms with Crippen molar-refractivity contribution in [2.24, 2.45) is 0 Å². The van der Waals surface area contributed by atoms with Gasteiger partial charge in [-0.05, 0) is 39.1 Å². The molecule has 0 fully saturated rings. The van der Waals surface area contributed by atoms with E-state index in [1.807, 2.05) is 0 Å². The van der Waals surface area contributed by atoms with E-state index < -0.39 is 35.0 Å². The van der Waals surface area contributed by atoms with Crippen LogP contribution in [0.1, 0.15) is 41.4 Å². The van der Waals surface area contributed by atoms with Gasteiger partial charge >= 0.3 is 142 Å². The number of rotatable bonds is 4. The standard InChI is InChI=1S/C20H10O8.4Na.4H/c21-17(22)10-5-4-9-14-12-7(6-11(13(10)14)18(23)24)2-1-3-8(12)15(19(25)26)16(9)20(27)28;;;;;;;;/h1-6H,(H,21,22)(H,23,24)(H,25,26)(H,27,28);;;;;;;;. The second-order valence-corrected chi connectivity index (χ2v) is 6.21. The average molecular weight is 474 g/mol. The fourth-order valence-electron chi connectivity index (χ4n) is 3.82. The van der Waals surface area contributed by atoms with Crippen LogP contribution >= 0.6 is 0 Å². The topological polar surface area (TPSA) is 149 Å². The molecule has 4 aromatic carbocycles. The van der Waals surface area contributed by atoms with Gasteiger partial charge < -0.3 is 20.4 Å². The van der Waals surface area contributed by atoms with Crippen LogP contribution in [0.2, 0.25) is 0 Å². The van der Waals surface area contributed by atoms with Crippen molar-refractivity contribution in [3.63, 3.8) is 0 Å². The Labute approximate surface area is 268 Å². The first-order chi connectivity index (χ1) is 13.2. The molecular formula is C20H14Na4O8. The monoisotopic (exact) mass is 474 g/mol. The molecule has 4 aromatic rings. The maximum absolute atomic E-state index is 11.9. The van der Waals surface area contributed by atoms with Gasteiger partial charge in [0.15, 0.2) is 0 Å².